The average Bonchev–Trinajstić information content (AvgIpc) is 2.63. The number of rotatable bonds is 7. The highest BCUT2D eigenvalue weighted by Crippen LogP contribution is 2.35. The van der Waals surface area contributed by atoms with Crippen LogP contribution in [0.2, 0.25) is 0 Å². The van der Waals surface area contributed by atoms with E-state index < -0.39 is 12.5 Å². The van der Waals surface area contributed by atoms with E-state index in [1.54, 1.807) is 6.07 Å². The number of nitrogens with zero attached hydrogens (tertiary/aromatic N) is 1. The standard InChI is InChI=1S/C20H22F4N2OS/c1-5-26(4)18(25)16-9-13(3)17(10-12(16)2)28-15-8-6-7-14(11-15)27-20(23,24)19(21)22/h6-11,19,25H,5H2,1-4H3. The number of benzene rings is 2. The van der Waals surface area contributed by atoms with Crippen LogP contribution in [0.4, 0.5) is 17.6 Å². The van der Waals surface area contributed by atoms with Gasteiger partial charge in [0, 0.05) is 28.9 Å². The summed E-state index contributed by atoms with van der Waals surface area (Å²) in [6.07, 6.45) is -8.44. The molecular weight excluding hydrogens is 392 g/mol. The van der Waals surface area contributed by atoms with E-state index >= 15 is 0 Å². The molecule has 0 bridgehead atoms. The Morgan fingerprint density at radius 3 is 2.46 bits per heavy atom. The second kappa shape index (κ2) is 8.86. The molecule has 0 saturated carbocycles. The third kappa shape index (κ3) is 5.19. The van der Waals surface area contributed by atoms with E-state index in [0.29, 0.717) is 17.3 Å². The number of nitrogens with one attached hydrogen (secondary N) is 1. The number of aryl methyl sites for hydroxylation is 2. The molecule has 2 rings (SSSR count). The van der Waals surface area contributed by atoms with E-state index in [9.17, 15) is 17.6 Å². The summed E-state index contributed by atoms with van der Waals surface area (Å²) in [5.41, 5.74) is 2.65. The Hall–Kier alpha value is -2.22. The monoisotopic (exact) mass is 414 g/mol. The summed E-state index contributed by atoms with van der Waals surface area (Å²) in [5.74, 6) is 0.0944. The molecule has 3 nitrogen and oxygen atoms in total. The molecule has 0 aliphatic heterocycles. The molecule has 0 aliphatic rings. The fourth-order valence-corrected chi connectivity index (χ4v) is 3.48. The molecular formula is C20H22F4N2OS. The summed E-state index contributed by atoms with van der Waals surface area (Å²) >= 11 is 1.32. The highest BCUT2D eigenvalue weighted by molar-refractivity contribution is 7.99. The molecule has 152 valence electrons. The molecule has 0 radical (unpaired) electrons. The first-order valence-corrected chi connectivity index (χ1v) is 9.41. The second-order valence-electron chi connectivity index (χ2n) is 6.34. The minimum Gasteiger partial charge on any atom is -0.428 e. The lowest BCUT2D eigenvalue weighted by Gasteiger charge is -2.20. The summed E-state index contributed by atoms with van der Waals surface area (Å²) in [6.45, 7) is 6.48. The van der Waals surface area contributed by atoms with E-state index in [1.807, 2.05) is 44.9 Å². The molecule has 2 aromatic rings. The topological polar surface area (TPSA) is 36.3 Å². The maximum atomic E-state index is 13.1. The van der Waals surface area contributed by atoms with Crippen molar-refractivity contribution in [3.8, 4) is 5.75 Å². The molecule has 2 aromatic carbocycles. The number of ether oxygens (including phenoxy) is 1. The van der Waals surface area contributed by atoms with Crippen molar-refractivity contribution in [2.24, 2.45) is 0 Å². The smallest absolute Gasteiger partial charge is 0.428 e. The Bertz CT molecular complexity index is 858. The van der Waals surface area contributed by atoms with Gasteiger partial charge in [-0.05, 0) is 62.2 Å². The average molecular weight is 414 g/mol. The lowest BCUT2D eigenvalue weighted by atomic mass is 10.0. The van der Waals surface area contributed by atoms with Crippen molar-refractivity contribution in [3.63, 3.8) is 0 Å². The summed E-state index contributed by atoms with van der Waals surface area (Å²) < 4.78 is 55.0. The molecule has 0 spiro atoms. The van der Waals surface area contributed by atoms with Crippen LogP contribution >= 0.6 is 11.8 Å². The van der Waals surface area contributed by atoms with Crippen molar-refractivity contribution in [1.29, 1.82) is 5.41 Å². The molecule has 28 heavy (non-hydrogen) atoms. The number of amidine groups is 1. The van der Waals surface area contributed by atoms with Gasteiger partial charge in [0.2, 0.25) is 0 Å². The van der Waals surface area contributed by atoms with Gasteiger partial charge in [0.1, 0.15) is 11.6 Å². The van der Waals surface area contributed by atoms with Crippen LogP contribution in [0, 0.1) is 19.3 Å². The summed E-state index contributed by atoms with van der Waals surface area (Å²) in [6, 6.07) is 9.52. The Kier molecular flexibility index (Phi) is 6.98. The van der Waals surface area contributed by atoms with Crippen LogP contribution < -0.4 is 4.74 Å². The maximum Gasteiger partial charge on any atom is 0.461 e. The third-order valence-electron chi connectivity index (χ3n) is 4.17. The molecule has 0 heterocycles. The first-order chi connectivity index (χ1) is 13.0. The van der Waals surface area contributed by atoms with E-state index in [-0.39, 0.29) is 5.75 Å². The Balaban J connectivity index is 2.26. The summed E-state index contributed by atoms with van der Waals surface area (Å²) in [4.78, 5) is 3.29. The zero-order valence-corrected chi connectivity index (χ0v) is 16.8. The van der Waals surface area contributed by atoms with Gasteiger partial charge < -0.3 is 9.64 Å². The van der Waals surface area contributed by atoms with Crippen LogP contribution in [0.3, 0.4) is 0 Å². The summed E-state index contributed by atoms with van der Waals surface area (Å²) in [7, 11) is 1.85. The summed E-state index contributed by atoms with van der Waals surface area (Å²) in [5, 5.41) is 8.28. The molecule has 0 unspecified atom stereocenters. The molecule has 0 atom stereocenters. The van der Waals surface area contributed by atoms with Gasteiger partial charge in [-0.1, -0.05) is 17.8 Å². The fraction of sp³-hybridized carbons (Fsp3) is 0.350. The van der Waals surface area contributed by atoms with Crippen molar-refractivity contribution in [3.05, 3.63) is 53.1 Å². The number of alkyl halides is 4. The van der Waals surface area contributed by atoms with Crippen LogP contribution in [0.15, 0.2) is 46.2 Å². The molecule has 0 fully saturated rings. The van der Waals surface area contributed by atoms with E-state index in [0.717, 1.165) is 21.6 Å². The van der Waals surface area contributed by atoms with Gasteiger partial charge in [-0.3, -0.25) is 5.41 Å². The highest BCUT2D eigenvalue weighted by atomic mass is 32.2. The predicted octanol–water partition coefficient (Wildman–Crippen LogP) is 5.97. The van der Waals surface area contributed by atoms with Gasteiger partial charge in [-0.25, -0.2) is 0 Å². The van der Waals surface area contributed by atoms with E-state index in [2.05, 4.69) is 4.74 Å². The van der Waals surface area contributed by atoms with Crippen molar-refractivity contribution in [1.82, 2.24) is 4.90 Å². The van der Waals surface area contributed by atoms with Crippen LogP contribution in [0.25, 0.3) is 0 Å². The van der Waals surface area contributed by atoms with Gasteiger partial charge >= 0.3 is 12.5 Å². The quantitative estimate of drug-likeness (QED) is 0.345. The highest BCUT2D eigenvalue weighted by Gasteiger charge is 2.43. The maximum absolute atomic E-state index is 13.1. The molecule has 0 saturated heterocycles. The zero-order chi connectivity index (χ0) is 21.1. The van der Waals surface area contributed by atoms with Gasteiger partial charge in [-0.15, -0.1) is 0 Å². The van der Waals surface area contributed by atoms with Gasteiger partial charge in [0.15, 0.2) is 0 Å². The Morgan fingerprint density at radius 2 is 1.86 bits per heavy atom. The number of hydrogen-bond donors (Lipinski definition) is 1. The van der Waals surface area contributed by atoms with Crippen molar-refractivity contribution in [2.45, 2.75) is 43.1 Å². The van der Waals surface area contributed by atoms with Gasteiger partial charge in [0.25, 0.3) is 0 Å². The number of hydrogen-bond acceptors (Lipinski definition) is 3. The zero-order valence-electron chi connectivity index (χ0n) is 16.0. The predicted molar refractivity (Wildman–Crippen MR) is 103 cm³/mol. The SMILES string of the molecule is CCN(C)C(=N)c1cc(C)c(Sc2cccc(OC(F)(F)C(F)F)c2)cc1C. The molecule has 0 aromatic heterocycles. The lowest BCUT2D eigenvalue weighted by Crippen LogP contribution is -2.33. The van der Waals surface area contributed by atoms with E-state index in [4.69, 9.17) is 5.41 Å². The van der Waals surface area contributed by atoms with Crippen LogP contribution in [0.5, 0.6) is 5.75 Å². The van der Waals surface area contributed by atoms with Crippen LogP contribution in [0.1, 0.15) is 23.6 Å². The first kappa shape index (κ1) is 22.1. The first-order valence-electron chi connectivity index (χ1n) is 8.59. The molecule has 0 aliphatic carbocycles. The van der Waals surface area contributed by atoms with Gasteiger partial charge in [0.05, 0.1) is 0 Å². The Labute approximate surface area is 166 Å². The molecule has 1 N–H and O–H groups in total. The number of halogens is 4. The normalized spacial score (nSPS) is 11.6. The van der Waals surface area contributed by atoms with Crippen LogP contribution in [-0.2, 0) is 0 Å². The van der Waals surface area contributed by atoms with Crippen molar-refractivity contribution < 1.29 is 22.3 Å². The molecule has 0 amide bonds. The second-order valence-corrected chi connectivity index (χ2v) is 7.45. The van der Waals surface area contributed by atoms with Crippen molar-refractivity contribution in [2.75, 3.05) is 13.6 Å². The van der Waals surface area contributed by atoms with Gasteiger partial charge in [-0.2, -0.15) is 17.6 Å². The van der Waals surface area contributed by atoms with Crippen molar-refractivity contribution >= 4 is 17.6 Å². The van der Waals surface area contributed by atoms with E-state index in [1.165, 1.54) is 30.0 Å². The third-order valence-corrected chi connectivity index (χ3v) is 5.32. The lowest BCUT2D eigenvalue weighted by molar-refractivity contribution is -0.253. The largest absolute Gasteiger partial charge is 0.461 e. The Morgan fingerprint density at radius 1 is 1.18 bits per heavy atom. The minimum absolute atomic E-state index is 0.326. The van der Waals surface area contributed by atoms with Crippen LogP contribution in [-0.4, -0.2) is 36.9 Å². The minimum atomic E-state index is -4.54. The fourth-order valence-electron chi connectivity index (χ4n) is 2.45. The molecule has 8 heteroatoms.